The molecule has 3 aromatic rings. The van der Waals surface area contributed by atoms with E-state index in [1.54, 1.807) is 0 Å². The van der Waals surface area contributed by atoms with E-state index >= 15 is 0 Å². The zero-order valence-corrected chi connectivity index (χ0v) is 23.4. The van der Waals surface area contributed by atoms with Gasteiger partial charge in [-0.15, -0.1) is 0 Å². The van der Waals surface area contributed by atoms with Crippen molar-refractivity contribution in [3.8, 4) is 0 Å². The largest absolute Gasteiger partial charge is 0.258 e. The van der Waals surface area contributed by atoms with Crippen molar-refractivity contribution in [1.82, 2.24) is 4.98 Å². The summed E-state index contributed by atoms with van der Waals surface area (Å²) in [4.78, 5) is 3.74. The van der Waals surface area contributed by atoms with Crippen LogP contribution in [0.15, 0.2) is 73.1 Å². The molecule has 2 heteroatoms. The molecule has 0 bridgehead atoms. The van der Waals surface area contributed by atoms with E-state index in [1.165, 1.54) is 94.0 Å². The third-order valence-electron chi connectivity index (χ3n) is 8.09. The number of aromatic amines is 1. The van der Waals surface area contributed by atoms with Crippen LogP contribution in [0.1, 0.15) is 121 Å². The summed E-state index contributed by atoms with van der Waals surface area (Å²) >= 11 is 0. The summed E-state index contributed by atoms with van der Waals surface area (Å²) in [6.07, 6.45) is 21.4. The number of unbranched alkanes of at least 4 members (excludes halogenated alkanes) is 9. The van der Waals surface area contributed by atoms with Crippen LogP contribution < -0.4 is 4.57 Å². The molecule has 0 spiro atoms. The molecule has 0 aliphatic rings. The molecule has 3 rings (SSSR count). The van der Waals surface area contributed by atoms with Crippen LogP contribution in [-0.4, -0.2) is 4.98 Å². The number of nitrogens with zero attached hydrogens (tertiary/aromatic N) is 1. The molecule has 0 aliphatic heterocycles. The second kappa shape index (κ2) is 15.7. The van der Waals surface area contributed by atoms with Crippen molar-refractivity contribution in [3.05, 3.63) is 90.0 Å². The standard InChI is InChI=1S/C34H50N2/c1-4-6-8-10-11-12-19-25-32(33-35-26-28-36(33)27-20-9-7-5-2)34(3,31-23-17-14-18-24-31)29-30-21-15-13-16-22-30/h13-18,21-24,26,28,32H,4-12,19-20,25,27,29H2,1-3H3/p+1. The Hall–Kier alpha value is -2.35. The van der Waals surface area contributed by atoms with Gasteiger partial charge in [-0.05, 0) is 36.8 Å². The van der Waals surface area contributed by atoms with Gasteiger partial charge < -0.3 is 0 Å². The van der Waals surface area contributed by atoms with Gasteiger partial charge in [-0.2, -0.15) is 0 Å². The van der Waals surface area contributed by atoms with Crippen molar-refractivity contribution in [2.24, 2.45) is 0 Å². The van der Waals surface area contributed by atoms with E-state index in [-0.39, 0.29) is 5.41 Å². The van der Waals surface area contributed by atoms with Gasteiger partial charge >= 0.3 is 0 Å². The van der Waals surface area contributed by atoms with Crippen molar-refractivity contribution in [2.45, 2.75) is 122 Å². The van der Waals surface area contributed by atoms with E-state index in [0.717, 1.165) is 13.0 Å². The van der Waals surface area contributed by atoms with Crippen LogP contribution in [0, 0.1) is 0 Å². The van der Waals surface area contributed by atoms with Crippen molar-refractivity contribution in [1.29, 1.82) is 0 Å². The maximum absolute atomic E-state index is 3.74. The smallest absolute Gasteiger partial charge is 0.247 e. The molecule has 2 nitrogen and oxygen atoms in total. The first-order valence-corrected chi connectivity index (χ1v) is 14.8. The predicted octanol–water partition coefficient (Wildman–Crippen LogP) is 9.31. The Morgan fingerprint density at radius 2 is 1.31 bits per heavy atom. The zero-order valence-electron chi connectivity index (χ0n) is 23.4. The molecule has 0 radical (unpaired) electrons. The maximum atomic E-state index is 3.74. The highest BCUT2D eigenvalue weighted by molar-refractivity contribution is 5.32. The Kier molecular flexibility index (Phi) is 12.3. The average molecular weight is 488 g/mol. The lowest BCUT2D eigenvalue weighted by atomic mass is 9.66. The molecule has 2 unspecified atom stereocenters. The fraction of sp³-hybridized carbons (Fsp3) is 0.559. The van der Waals surface area contributed by atoms with Crippen LogP contribution in [0.5, 0.6) is 0 Å². The number of aromatic nitrogens is 2. The number of hydrogen-bond donors (Lipinski definition) is 1. The van der Waals surface area contributed by atoms with Crippen LogP contribution in [0.2, 0.25) is 0 Å². The molecule has 1 N–H and O–H groups in total. The first kappa shape index (κ1) is 28.2. The SMILES string of the molecule is CCCCCCCCCC(c1[nH]cc[n+]1CCCCCC)C(C)(Cc1ccccc1)c1ccccc1. The first-order valence-electron chi connectivity index (χ1n) is 14.8. The Labute approximate surface area is 221 Å². The molecule has 0 aliphatic carbocycles. The lowest BCUT2D eigenvalue weighted by molar-refractivity contribution is -0.705. The van der Waals surface area contributed by atoms with Crippen LogP contribution in [0.25, 0.3) is 0 Å². The molecule has 36 heavy (non-hydrogen) atoms. The van der Waals surface area contributed by atoms with E-state index in [0.29, 0.717) is 5.92 Å². The van der Waals surface area contributed by atoms with E-state index in [1.807, 2.05) is 0 Å². The second-order valence-electron chi connectivity index (χ2n) is 11.0. The molecule has 2 aromatic carbocycles. The minimum absolute atomic E-state index is 0.0147. The fourth-order valence-corrected chi connectivity index (χ4v) is 5.91. The van der Waals surface area contributed by atoms with Gasteiger partial charge in [0.2, 0.25) is 0 Å². The van der Waals surface area contributed by atoms with Gasteiger partial charge in [0.05, 0.1) is 12.5 Å². The number of H-pyrrole nitrogens is 1. The average Bonchev–Trinajstić information content (AvgIpc) is 3.37. The second-order valence-corrected chi connectivity index (χ2v) is 11.0. The molecule has 1 aromatic heterocycles. The number of imidazole rings is 1. The Morgan fingerprint density at radius 1 is 0.722 bits per heavy atom. The quantitative estimate of drug-likeness (QED) is 0.136. The zero-order chi connectivity index (χ0) is 25.5. The summed E-state index contributed by atoms with van der Waals surface area (Å²) in [5.41, 5.74) is 2.89. The van der Waals surface area contributed by atoms with Crippen molar-refractivity contribution < 1.29 is 4.57 Å². The Bertz CT molecular complexity index is 946. The molecule has 2 atom stereocenters. The van der Waals surface area contributed by atoms with E-state index < -0.39 is 0 Å². The van der Waals surface area contributed by atoms with Gasteiger partial charge in [-0.3, -0.25) is 0 Å². The molecular formula is C34H51N2+. The summed E-state index contributed by atoms with van der Waals surface area (Å²) in [5, 5.41) is 0. The van der Waals surface area contributed by atoms with Gasteiger partial charge in [0.25, 0.3) is 5.82 Å². The molecule has 1 heterocycles. The van der Waals surface area contributed by atoms with Gasteiger partial charge in [0.15, 0.2) is 0 Å². The molecule has 196 valence electrons. The third-order valence-corrected chi connectivity index (χ3v) is 8.09. The Balaban J connectivity index is 1.88. The Morgan fingerprint density at radius 3 is 1.97 bits per heavy atom. The monoisotopic (exact) mass is 487 g/mol. The molecular weight excluding hydrogens is 436 g/mol. The molecule has 0 saturated heterocycles. The van der Waals surface area contributed by atoms with Crippen LogP contribution in [0.3, 0.4) is 0 Å². The lowest BCUT2D eigenvalue weighted by Crippen LogP contribution is -2.43. The highest BCUT2D eigenvalue weighted by Crippen LogP contribution is 2.43. The van der Waals surface area contributed by atoms with E-state index in [9.17, 15) is 0 Å². The van der Waals surface area contributed by atoms with Crippen LogP contribution >= 0.6 is 0 Å². The summed E-state index contributed by atoms with van der Waals surface area (Å²) in [6, 6.07) is 22.4. The third kappa shape index (κ3) is 8.36. The summed E-state index contributed by atoms with van der Waals surface area (Å²) in [6.45, 7) is 8.23. The highest BCUT2D eigenvalue weighted by Gasteiger charge is 2.41. The fourth-order valence-electron chi connectivity index (χ4n) is 5.91. The van der Waals surface area contributed by atoms with Crippen molar-refractivity contribution >= 4 is 0 Å². The molecule has 0 amide bonds. The van der Waals surface area contributed by atoms with Crippen molar-refractivity contribution in [3.63, 3.8) is 0 Å². The predicted molar refractivity (Wildman–Crippen MR) is 154 cm³/mol. The van der Waals surface area contributed by atoms with Gasteiger partial charge in [-0.1, -0.05) is 139 Å². The summed E-state index contributed by atoms with van der Waals surface area (Å²) in [5.74, 6) is 1.86. The highest BCUT2D eigenvalue weighted by atomic mass is 15.1. The van der Waals surface area contributed by atoms with Crippen molar-refractivity contribution in [2.75, 3.05) is 0 Å². The van der Waals surface area contributed by atoms with E-state index in [4.69, 9.17) is 0 Å². The lowest BCUT2D eigenvalue weighted by Gasteiger charge is -2.37. The number of nitrogens with one attached hydrogen (secondary N) is 1. The van der Waals surface area contributed by atoms with Crippen LogP contribution in [-0.2, 0) is 18.4 Å². The van der Waals surface area contributed by atoms with Gasteiger partial charge in [0, 0.05) is 5.41 Å². The number of hydrogen-bond acceptors (Lipinski definition) is 0. The summed E-state index contributed by atoms with van der Waals surface area (Å²) in [7, 11) is 0. The molecule has 0 saturated carbocycles. The summed E-state index contributed by atoms with van der Waals surface area (Å²) < 4.78 is 2.54. The molecule has 0 fully saturated rings. The minimum Gasteiger partial charge on any atom is -0.247 e. The van der Waals surface area contributed by atoms with E-state index in [2.05, 4.69) is 103 Å². The van der Waals surface area contributed by atoms with Gasteiger partial charge in [0.1, 0.15) is 12.4 Å². The number of aryl methyl sites for hydroxylation is 1. The number of rotatable bonds is 18. The maximum Gasteiger partial charge on any atom is 0.258 e. The first-order chi connectivity index (χ1) is 17.7. The normalized spacial score (nSPS) is 14.0. The topological polar surface area (TPSA) is 19.7 Å². The van der Waals surface area contributed by atoms with Gasteiger partial charge in [-0.25, -0.2) is 9.55 Å². The van der Waals surface area contributed by atoms with Crippen LogP contribution in [0.4, 0.5) is 0 Å². The minimum atomic E-state index is 0.0147. The number of benzene rings is 2.